The van der Waals surface area contributed by atoms with E-state index in [2.05, 4.69) is 14.9 Å². The molecule has 0 atom stereocenters. The molecule has 16 heavy (non-hydrogen) atoms. The zero-order valence-electron chi connectivity index (χ0n) is 9.21. The maximum absolute atomic E-state index is 11.6. The van der Waals surface area contributed by atoms with Crippen LogP contribution in [0.3, 0.4) is 0 Å². The predicted octanol–water partition coefficient (Wildman–Crippen LogP) is -0.932. The van der Waals surface area contributed by atoms with E-state index in [-0.39, 0.29) is 5.56 Å². The number of fused-ring (bicyclic) bond motifs is 1. The van der Waals surface area contributed by atoms with Crippen LogP contribution in [0.4, 0.5) is 0 Å². The molecule has 88 valence electrons. The van der Waals surface area contributed by atoms with Crippen LogP contribution in [-0.2, 0) is 17.7 Å². The lowest BCUT2D eigenvalue weighted by Crippen LogP contribution is -2.39. The lowest BCUT2D eigenvalue weighted by atomic mass is 10.1. The number of hydrogen-bond donors (Lipinski definition) is 2. The Hall–Kier alpha value is -1.40. The minimum atomic E-state index is -0.422. The maximum Gasteiger partial charge on any atom is 0.325 e. The Labute approximate surface area is 92.3 Å². The van der Waals surface area contributed by atoms with Crippen molar-refractivity contribution in [3.63, 3.8) is 0 Å². The molecule has 0 spiro atoms. The van der Waals surface area contributed by atoms with Crippen molar-refractivity contribution in [2.24, 2.45) is 0 Å². The Kier molecular flexibility index (Phi) is 3.21. The smallest absolute Gasteiger partial charge is 0.325 e. The Morgan fingerprint density at radius 3 is 2.94 bits per heavy atom. The lowest BCUT2D eigenvalue weighted by Gasteiger charge is -2.27. The number of aromatic nitrogens is 2. The fraction of sp³-hybridized carbons (Fsp3) is 0.600. The standard InChI is InChI=1S/C10H15N3O3/c1-16-5-4-13-3-2-8-7(6-13)9(14)12-10(15)11-8/h2-6H2,1H3,(H2,11,12,14,15). The highest BCUT2D eigenvalue weighted by Crippen LogP contribution is 2.11. The van der Waals surface area contributed by atoms with Crippen LogP contribution in [0.25, 0.3) is 0 Å². The number of hydrogen-bond acceptors (Lipinski definition) is 4. The van der Waals surface area contributed by atoms with Crippen molar-refractivity contribution in [2.75, 3.05) is 26.8 Å². The van der Waals surface area contributed by atoms with Crippen LogP contribution in [0.2, 0.25) is 0 Å². The van der Waals surface area contributed by atoms with Gasteiger partial charge in [0.25, 0.3) is 5.56 Å². The Morgan fingerprint density at radius 1 is 1.38 bits per heavy atom. The molecule has 0 aliphatic carbocycles. The van der Waals surface area contributed by atoms with Gasteiger partial charge in [-0.15, -0.1) is 0 Å². The van der Waals surface area contributed by atoms with Crippen LogP contribution in [0, 0.1) is 0 Å². The lowest BCUT2D eigenvalue weighted by molar-refractivity contribution is 0.140. The van der Waals surface area contributed by atoms with E-state index < -0.39 is 5.69 Å². The minimum absolute atomic E-state index is 0.277. The van der Waals surface area contributed by atoms with E-state index >= 15 is 0 Å². The van der Waals surface area contributed by atoms with Gasteiger partial charge in [0.05, 0.1) is 12.2 Å². The van der Waals surface area contributed by atoms with Crippen LogP contribution in [0.15, 0.2) is 9.59 Å². The van der Waals surface area contributed by atoms with E-state index in [0.29, 0.717) is 25.1 Å². The molecular weight excluding hydrogens is 210 g/mol. The van der Waals surface area contributed by atoms with Gasteiger partial charge in [-0.3, -0.25) is 14.7 Å². The minimum Gasteiger partial charge on any atom is -0.383 e. The van der Waals surface area contributed by atoms with Gasteiger partial charge in [-0.05, 0) is 0 Å². The third kappa shape index (κ3) is 2.23. The number of H-pyrrole nitrogens is 2. The summed E-state index contributed by atoms with van der Waals surface area (Å²) in [6, 6.07) is 0. The summed E-state index contributed by atoms with van der Waals surface area (Å²) in [5.41, 5.74) is 0.735. The van der Waals surface area contributed by atoms with Crippen molar-refractivity contribution in [1.29, 1.82) is 0 Å². The summed E-state index contributed by atoms with van der Waals surface area (Å²) in [6.45, 7) is 2.87. The second-order valence-corrected chi connectivity index (χ2v) is 3.88. The van der Waals surface area contributed by atoms with Crippen LogP contribution in [0.1, 0.15) is 11.3 Å². The monoisotopic (exact) mass is 225 g/mol. The van der Waals surface area contributed by atoms with Crippen molar-refractivity contribution in [1.82, 2.24) is 14.9 Å². The average molecular weight is 225 g/mol. The number of nitrogens with one attached hydrogen (secondary N) is 2. The van der Waals surface area contributed by atoms with Crippen molar-refractivity contribution in [2.45, 2.75) is 13.0 Å². The highest BCUT2D eigenvalue weighted by atomic mass is 16.5. The highest BCUT2D eigenvalue weighted by Gasteiger charge is 2.19. The fourth-order valence-corrected chi connectivity index (χ4v) is 1.92. The molecule has 6 heteroatoms. The first-order chi connectivity index (χ1) is 7.70. The van der Waals surface area contributed by atoms with Gasteiger partial charge in [-0.25, -0.2) is 4.79 Å². The molecule has 0 fully saturated rings. The van der Waals surface area contributed by atoms with Crippen LogP contribution in [0.5, 0.6) is 0 Å². The van der Waals surface area contributed by atoms with E-state index in [4.69, 9.17) is 4.74 Å². The molecule has 0 unspecified atom stereocenters. The normalized spacial score (nSPS) is 16.1. The van der Waals surface area contributed by atoms with Gasteiger partial charge in [0.1, 0.15) is 0 Å². The largest absolute Gasteiger partial charge is 0.383 e. The molecule has 2 heterocycles. The van der Waals surface area contributed by atoms with Crippen molar-refractivity contribution in [3.8, 4) is 0 Å². The average Bonchev–Trinajstić information content (AvgIpc) is 2.26. The van der Waals surface area contributed by atoms with Crippen LogP contribution < -0.4 is 11.2 Å². The quantitative estimate of drug-likeness (QED) is 0.696. The second-order valence-electron chi connectivity index (χ2n) is 3.88. The predicted molar refractivity (Wildman–Crippen MR) is 58.5 cm³/mol. The molecule has 6 nitrogen and oxygen atoms in total. The van der Waals surface area contributed by atoms with Gasteiger partial charge in [-0.1, -0.05) is 0 Å². The van der Waals surface area contributed by atoms with Gasteiger partial charge in [0.15, 0.2) is 0 Å². The van der Waals surface area contributed by atoms with Gasteiger partial charge in [0.2, 0.25) is 0 Å². The number of ether oxygens (including phenoxy) is 1. The van der Waals surface area contributed by atoms with Crippen molar-refractivity contribution in [3.05, 3.63) is 32.1 Å². The van der Waals surface area contributed by atoms with E-state index in [1.54, 1.807) is 7.11 Å². The summed E-state index contributed by atoms with van der Waals surface area (Å²) < 4.78 is 5.00. The topological polar surface area (TPSA) is 78.2 Å². The summed E-state index contributed by atoms with van der Waals surface area (Å²) in [7, 11) is 1.65. The van der Waals surface area contributed by atoms with Gasteiger partial charge in [0, 0.05) is 38.9 Å². The molecule has 0 radical (unpaired) electrons. The number of rotatable bonds is 3. The molecule has 1 aliphatic rings. The zero-order valence-corrected chi connectivity index (χ0v) is 9.21. The van der Waals surface area contributed by atoms with Gasteiger partial charge >= 0.3 is 5.69 Å². The molecule has 0 saturated carbocycles. The molecule has 0 bridgehead atoms. The first kappa shape index (κ1) is 11.1. The molecule has 1 aliphatic heterocycles. The molecule has 0 saturated heterocycles. The zero-order chi connectivity index (χ0) is 11.5. The fourth-order valence-electron chi connectivity index (χ4n) is 1.92. The summed E-state index contributed by atoms with van der Waals surface area (Å²) in [5, 5.41) is 0. The first-order valence-electron chi connectivity index (χ1n) is 5.26. The summed E-state index contributed by atoms with van der Waals surface area (Å²) >= 11 is 0. The molecule has 1 aromatic heterocycles. The van der Waals surface area contributed by atoms with Crippen molar-refractivity contribution < 1.29 is 4.74 Å². The molecular formula is C10H15N3O3. The Morgan fingerprint density at radius 2 is 2.19 bits per heavy atom. The molecule has 0 amide bonds. The van der Waals surface area contributed by atoms with E-state index in [1.807, 2.05) is 0 Å². The Balaban J connectivity index is 2.20. The summed E-state index contributed by atoms with van der Waals surface area (Å²) in [5.74, 6) is 0. The third-order valence-corrected chi connectivity index (χ3v) is 2.80. The first-order valence-corrected chi connectivity index (χ1v) is 5.26. The molecule has 2 rings (SSSR count). The van der Waals surface area contributed by atoms with Crippen molar-refractivity contribution >= 4 is 0 Å². The van der Waals surface area contributed by atoms with Gasteiger partial charge in [-0.2, -0.15) is 0 Å². The second kappa shape index (κ2) is 4.63. The van der Waals surface area contributed by atoms with E-state index in [1.165, 1.54) is 0 Å². The summed E-state index contributed by atoms with van der Waals surface area (Å²) in [6.07, 6.45) is 0.707. The molecule has 1 aromatic rings. The SMILES string of the molecule is COCCN1CCc2[nH]c(=O)[nH]c(=O)c2C1. The Bertz CT molecular complexity index is 477. The van der Waals surface area contributed by atoms with Crippen LogP contribution >= 0.6 is 0 Å². The summed E-state index contributed by atoms with van der Waals surface area (Å²) in [4.78, 5) is 29.7. The number of methoxy groups -OCH3 is 1. The van der Waals surface area contributed by atoms with E-state index in [9.17, 15) is 9.59 Å². The third-order valence-electron chi connectivity index (χ3n) is 2.80. The number of nitrogens with zero attached hydrogens (tertiary/aromatic N) is 1. The number of aromatic amines is 2. The van der Waals surface area contributed by atoms with Gasteiger partial charge < -0.3 is 9.72 Å². The molecule has 2 N–H and O–H groups in total. The van der Waals surface area contributed by atoms with E-state index in [0.717, 1.165) is 18.8 Å². The highest BCUT2D eigenvalue weighted by molar-refractivity contribution is 5.18. The maximum atomic E-state index is 11.6. The molecule has 0 aromatic carbocycles. The van der Waals surface area contributed by atoms with Crippen LogP contribution in [-0.4, -0.2) is 41.7 Å².